The molecule has 4 aromatic rings. The van der Waals surface area contributed by atoms with Crippen molar-refractivity contribution in [3.63, 3.8) is 0 Å². The first-order chi connectivity index (χ1) is 17.4. The third-order valence-electron chi connectivity index (χ3n) is 5.98. The van der Waals surface area contributed by atoms with Crippen LogP contribution >= 0.6 is 0 Å². The Bertz CT molecular complexity index is 1430. The van der Waals surface area contributed by atoms with Crippen LogP contribution in [-0.2, 0) is 4.74 Å². The number of hydrogen-bond donors (Lipinski definition) is 1. The standard InChI is InChI=1S/C25H21F2N5O4/c26-25(27)31-20-4-2-1-3-19(20)29-23(31)16-5-8-18(9-6-16)28-24(33)17-7-10-21(22(15-17)32(34)35)30-11-13-36-14-12-30/h1-10,15,25H,11-14H2,(H,28,33). The van der Waals surface area contributed by atoms with Crippen molar-refractivity contribution in [2.24, 2.45) is 0 Å². The number of imidazole rings is 1. The number of nitro groups is 1. The highest BCUT2D eigenvalue weighted by Gasteiger charge is 2.24. The maximum absolute atomic E-state index is 13.8. The molecule has 9 nitrogen and oxygen atoms in total. The summed E-state index contributed by atoms with van der Waals surface area (Å²) in [6.45, 7) is -0.773. The first-order valence-corrected chi connectivity index (χ1v) is 11.2. The molecule has 0 radical (unpaired) electrons. The van der Waals surface area contributed by atoms with E-state index in [0.717, 1.165) is 4.57 Å². The number of halogens is 2. The Morgan fingerprint density at radius 2 is 1.78 bits per heavy atom. The van der Waals surface area contributed by atoms with E-state index >= 15 is 0 Å². The second-order valence-electron chi connectivity index (χ2n) is 8.16. The van der Waals surface area contributed by atoms with Crippen LogP contribution in [0.5, 0.6) is 0 Å². The van der Waals surface area contributed by atoms with Crippen molar-refractivity contribution in [2.75, 3.05) is 36.5 Å². The highest BCUT2D eigenvalue weighted by atomic mass is 19.3. The fraction of sp³-hybridized carbons (Fsp3) is 0.200. The highest BCUT2D eigenvalue weighted by molar-refractivity contribution is 6.05. The second-order valence-corrected chi connectivity index (χ2v) is 8.16. The molecule has 1 amide bonds. The van der Waals surface area contributed by atoms with Gasteiger partial charge < -0.3 is 15.0 Å². The minimum Gasteiger partial charge on any atom is -0.378 e. The fourth-order valence-electron chi connectivity index (χ4n) is 4.23. The van der Waals surface area contributed by atoms with E-state index < -0.39 is 17.4 Å². The molecule has 1 aliphatic heterocycles. The van der Waals surface area contributed by atoms with Gasteiger partial charge in [0.25, 0.3) is 11.6 Å². The van der Waals surface area contributed by atoms with Crippen LogP contribution in [0.15, 0.2) is 66.7 Å². The molecule has 3 aromatic carbocycles. The number of nitro benzene ring substituents is 1. The number of hydrogen-bond acceptors (Lipinski definition) is 6. The Kier molecular flexibility index (Phi) is 6.30. The number of carbonyl (C=O) groups is 1. The molecule has 1 saturated heterocycles. The molecule has 1 aliphatic rings. The fourth-order valence-corrected chi connectivity index (χ4v) is 4.23. The third kappa shape index (κ3) is 4.48. The van der Waals surface area contributed by atoms with Gasteiger partial charge in [0.05, 0.1) is 29.2 Å². The summed E-state index contributed by atoms with van der Waals surface area (Å²) in [5, 5.41) is 14.4. The van der Waals surface area contributed by atoms with Crippen molar-refractivity contribution < 1.29 is 23.2 Å². The first-order valence-electron chi connectivity index (χ1n) is 11.2. The number of aromatic nitrogens is 2. The second kappa shape index (κ2) is 9.70. The van der Waals surface area contributed by atoms with Crippen molar-refractivity contribution in [1.29, 1.82) is 0 Å². The number of amides is 1. The zero-order valence-corrected chi connectivity index (χ0v) is 18.9. The van der Waals surface area contributed by atoms with E-state index in [1.165, 1.54) is 12.1 Å². The van der Waals surface area contributed by atoms with Gasteiger partial charge in [-0.2, -0.15) is 8.78 Å². The number of benzene rings is 3. The minimum atomic E-state index is -2.77. The number of rotatable bonds is 6. The van der Waals surface area contributed by atoms with E-state index in [9.17, 15) is 23.7 Å². The summed E-state index contributed by atoms with van der Waals surface area (Å²) in [4.78, 5) is 30.2. The molecule has 1 fully saturated rings. The molecule has 184 valence electrons. The van der Waals surface area contributed by atoms with Gasteiger partial charge in [0, 0.05) is 36.0 Å². The molecule has 1 N–H and O–H groups in total. The van der Waals surface area contributed by atoms with Crippen LogP contribution in [0.3, 0.4) is 0 Å². The Hall–Kier alpha value is -4.38. The summed E-state index contributed by atoms with van der Waals surface area (Å²) in [7, 11) is 0. The summed E-state index contributed by atoms with van der Waals surface area (Å²) in [5.41, 5.74) is 2.03. The van der Waals surface area contributed by atoms with Gasteiger partial charge in [0.15, 0.2) is 0 Å². The van der Waals surface area contributed by atoms with Gasteiger partial charge in [-0.15, -0.1) is 0 Å². The van der Waals surface area contributed by atoms with Crippen molar-refractivity contribution in [1.82, 2.24) is 9.55 Å². The number of morpholine rings is 1. The van der Waals surface area contributed by atoms with Gasteiger partial charge in [0.1, 0.15) is 11.5 Å². The lowest BCUT2D eigenvalue weighted by atomic mass is 10.1. The van der Waals surface area contributed by atoms with Crippen molar-refractivity contribution in [3.8, 4) is 11.4 Å². The van der Waals surface area contributed by atoms with Gasteiger partial charge >= 0.3 is 6.55 Å². The van der Waals surface area contributed by atoms with Crippen LogP contribution in [0.4, 0.5) is 25.8 Å². The predicted octanol–water partition coefficient (Wildman–Crippen LogP) is 5.10. The number of nitrogens with zero attached hydrogens (tertiary/aromatic N) is 4. The number of carbonyl (C=O) groups excluding carboxylic acids is 1. The smallest absolute Gasteiger partial charge is 0.320 e. The van der Waals surface area contributed by atoms with Crippen LogP contribution in [-0.4, -0.2) is 46.7 Å². The average molecular weight is 493 g/mol. The lowest BCUT2D eigenvalue weighted by Crippen LogP contribution is -2.36. The van der Waals surface area contributed by atoms with E-state index in [0.29, 0.717) is 54.3 Å². The number of ether oxygens (including phenoxy) is 1. The Morgan fingerprint density at radius 3 is 2.47 bits per heavy atom. The number of fused-ring (bicyclic) bond motifs is 1. The number of para-hydroxylation sites is 2. The van der Waals surface area contributed by atoms with E-state index in [4.69, 9.17) is 4.74 Å². The highest BCUT2D eigenvalue weighted by Crippen LogP contribution is 2.32. The molecule has 0 atom stereocenters. The van der Waals surface area contributed by atoms with Gasteiger partial charge in [-0.05, 0) is 48.5 Å². The summed E-state index contributed by atoms with van der Waals surface area (Å²) in [6, 6.07) is 17.3. The van der Waals surface area contributed by atoms with Crippen LogP contribution in [0.1, 0.15) is 16.9 Å². The Balaban J connectivity index is 1.37. The van der Waals surface area contributed by atoms with Crippen molar-refractivity contribution >= 4 is 34.0 Å². The molecule has 2 heterocycles. The van der Waals surface area contributed by atoms with Gasteiger partial charge in [-0.3, -0.25) is 19.5 Å². The van der Waals surface area contributed by atoms with Gasteiger partial charge in [-0.25, -0.2) is 4.98 Å². The van der Waals surface area contributed by atoms with E-state index in [1.807, 2.05) is 4.90 Å². The summed E-state index contributed by atoms with van der Waals surface area (Å²) in [5.74, 6) is -0.419. The lowest BCUT2D eigenvalue weighted by Gasteiger charge is -2.28. The summed E-state index contributed by atoms with van der Waals surface area (Å²) >= 11 is 0. The SMILES string of the molecule is O=C(Nc1ccc(-c2nc3ccccc3n2C(F)F)cc1)c1ccc(N2CCOCC2)c([N+](=O)[O-])c1. The normalized spacial score (nSPS) is 13.8. The zero-order chi connectivity index (χ0) is 25.2. The van der Waals surface area contributed by atoms with Crippen molar-refractivity contribution in [3.05, 3.63) is 82.4 Å². The maximum atomic E-state index is 13.8. The molecule has 36 heavy (non-hydrogen) atoms. The zero-order valence-electron chi connectivity index (χ0n) is 18.9. The minimum absolute atomic E-state index is 0.110. The van der Waals surface area contributed by atoms with Gasteiger partial charge in [0.2, 0.25) is 0 Å². The molecule has 0 unspecified atom stereocenters. The number of alkyl halides is 2. The monoisotopic (exact) mass is 493 g/mol. The molecule has 11 heteroatoms. The molecular formula is C25H21F2N5O4. The van der Waals surface area contributed by atoms with Crippen LogP contribution in [0, 0.1) is 10.1 Å². The van der Waals surface area contributed by atoms with Crippen LogP contribution < -0.4 is 10.2 Å². The van der Waals surface area contributed by atoms with E-state index in [1.54, 1.807) is 54.6 Å². The van der Waals surface area contributed by atoms with Crippen LogP contribution in [0.2, 0.25) is 0 Å². The first kappa shape index (κ1) is 23.4. The molecule has 0 aliphatic carbocycles. The topological polar surface area (TPSA) is 103 Å². The maximum Gasteiger partial charge on any atom is 0.320 e. The van der Waals surface area contributed by atoms with Gasteiger partial charge in [-0.1, -0.05) is 12.1 Å². The summed E-state index contributed by atoms with van der Waals surface area (Å²) < 4.78 is 33.7. The number of anilines is 2. The van der Waals surface area contributed by atoms with E-state index in [2.05, 4.69) is 10.3 Å². The predicted molar refractivity (Wildman–Crippen MR) is 131 cm³/mol. The number of nitrogens with one attached hydrogen (secondary N) is 1. The molecule has 0 saturated carbocycles. The molecule has 5 rings (SSSR count). The molecule has 0 spiro atoms. The third-order valence-corrected chi connectivity index (χ3v) is 5.98. The quantitative estimate of drug-likeness (QED) is 0.296. The van der Waals surface area contributed by atoms with Crippen molar-refractivity contribution in [2.45, 2.75) is 6.55 Å². The average Bonchev–Trinajstić information content (AvgIpc) is 3.29. The van der Waals surface area contributed by atoms with Crippen LogP contribution in [0.25, 0.3) is 22.4 Å². The Labute approximate surface area is 204 Å². The largest absolute Gasteiger partial charge is 0.378 e. The Morgan fingerprint density at radius 1 is 1.06 bits per heavy atom. The molecule has 1 aromatic heterocycles. The molecule has 0 bridgehead atoms. The summed E-state index contributed by atoms with van der Waals surface area (Å²) in [6.07, 6.45) is 0. The molecular weight excluding hydrogens is 472 g/mol. The lowest BCUT2D eigenvalue weighted by molar-refractivity contribution is -0.384. The van der Waals surface area contributed by atoms with E-state index in [-0.39, 0.29) is 17.1 Å².